The number of nitrogens with two attached hydrogens (primary N) is 1. The first kappa shape index (κ1) is 13.8. The molecule has 0 fully saturated rings. The molecule has 0 amide bonds. The van der Waals surface area contributed by atoms with Gasteiger partial charge in [0.05, 0.1) is 6.04 Å². The largest absolute Gasteiger partial charge is 0.491 e. The molecule has 2 N–H and O–H groups in total. The van der Waals surface area contributed by atoms with Crippen LogP contribution in [0.4, 0.5) is 4.39 Å². The van der Waals surface area contributed by atoms with Gasteiger partial charge in [-0.3, -0.25) is 0 Å². The molecule has 0 spiro atoms. The summed E-state index contributed by atoms with van der Waals surface area (Å²) in [6.45, 7) is 2.25. The van der Waals surface area contributed by atoms with Crippen molar-refractivity contribution in [1.82, 2.24) is 0 Å². The average Bonchev–Trinajstić information content (AvgIpc) is 2.38. The van der Waals surface area contributed by atoms with E-state index in [4.69, 9.17) is 22.1 Å². The number of halogens is 2. The SMILES string of the molecule is Cc1cc(Cl)ccc1OCC(N)c1ccc(F)cc1. The quantitative estimate of drug-likeness (QED) is 0.922. The maximum absolute atomic E-state index is 12.8. The van der Waals surface area contributed by atoms with Gasteiger partial charge < -0.3 is 10.5 Å². The van der Waals surface area contributed by atoms with Gasteiger partial charge in [-0.2, -0.15) is 0 Å². The Labute approximate surface area is 117 Å². The molecule has 2 nitrogen and oxygen atoms in total. The molecular weight excluding hydrogens is 265 g/mol. The summed E-state index contributed by atoms with van der Waals surface area (Å²) in [6, 6.07) is 11.2. The molecule has 2 aromatic carbocycles. The number of hydrogen-bond donors (Lipinski definition) is 1. The van der Waals surface area contributed by atoms with Crippen LogP contribution in [-0.4, -0.2) is 6.61 Å². The van der Waals surface area contributed by atoms with Crippen LogP contribution in [0.3, 0.4) is 0 Å². The van der Waals surface area contributed by atoms with Crippen molar-refractivity contribution in [1.29, 1.82) is 0 Å². The molecular formula is C15H15ClFNO. The maximum Gasteiger partial charge on any atom is 0.123 e. The van der Waals surface area contributed by atoms with E-state index < -0.39 is 0 Å². The van der Waals surface area contributed by atoms with Crippen LogP contribution < -0.4 is 10.5 Å². The Balaban J connectivity index is 2.00. The first-order valence-corrected chi connectivity index (χ1v) is 6.34. The number of rotatable bonds is 4. The standard InChI is InChI=1S/C15H15ClFNO/c1-10-8-12(16)4-7-15(10)19-9-14(18)11-2-5-13(17)6-3-11/h2-8,14H,9,18H2,1H3. The van der Waals surface area contributed by atoms with Crippen LogP contribution >= 0.6 is 11.6 Å². The van der Waals surface area contributed by atoms with Gasteiger partial charge in [-0.25, -0.2) is 4.39 Å². The van der Waals surface area contributed by atoms with Crippen LogP contribution in [0.1, 0.15) is 17.2 Å². The number of ether oxygens (including phenoxy) is 1. The molecule has 0 heterocycles. The van der Waals surface area contributed by atoms with E-state index in [1.54, 1.807) is 18.2 Å². The summed E-state index contributed by atoms with van der Waals surface area (Å²) in [6.07, 6.45) is 0. The Hall–Kier alpha value is -1.58. The Bertz CT molecular complexity index is 557. The summed E-state index contributed by atoms with van der Waals surface area (Å²) in [5, 5.41) is 0.674. The molecule has 100 valence electrons. The van der Waals surface area contributed by atoms with Crippen LogP contribution in [0.2, 0.25) is 5.02 Å². The fourth-order valence-corrected chi connectivity index (χ4v) is 1.99. The highest BCUT2D eigenvalue weighted by molar-refractivity contribution is 6.30. The second-order valence-corrected chi connectivity index (χ2v) is 4.82. The van der Waals surface area contributed by atoms with Crippen LogP contribution in [0, 0.1) is 12.7 Å². The third-order valence-electron chi connectivity index (χ3n) is 2.85. The number of aryl methyl sites for hydroxylation is 1. The van der Waals surface area contributed by atoms with E-state index in [9.17, 15) is 4.39 Å². The molecule has 2 aromatic rings. The molecule has 0 saturated heterocycles. The lowest BCUT2D eigenvalue weighted by Crippen LogP contribution is -2.19. The average molecular weight is 280 g/mol. The first-order valence-electron chi connectivity index (χ1n) is 5.96. The van der Waals surface area contributed by atoms with E-state index >= 15 is 0 Å². The minimum absolute atomic E-state index is 0.273. The summed E-state index contributed by atoms with van der Waals surface area (Å²) in [5.41, 5.74) is 7.80. The second kappa shape index (κ2) is 6.04. The molecule has 0 aliphatic rings. The fraction of sp³-hybridized carbons (Fsp3) is 0.200. The van der Waals surface area contributed by atoms with Crippen molar-refractivity contribution in [3.05, 3.63) is 64.4 Å². The van der Waals surface area contributed by atoms with Crippen LogP contribution in [0.5, 0.6) is 5.75 Å². The zero-order valence-corrected chi connectivity index (χ0v) is 11.3. The molecule has 19 heavy (non-hydrogen) atoms. The lowest BCUT2D eigenvalue weighted by Gasteiger charge is -2.15. The van der Waals surface area contributed by atoms with Gasteiger partial charge in [0.2, 0.25) is 0 Å². The molecule has 0 saturated carbocycles. The van der Waals surface area contributed by atoms with Gasteiger partial charge in [0.25, 0.3) is 0 Å². The Kier molecular flexibility index (Phi) is 4.40. The van der Waals surface area contributed by atoms with Gasteiger partial charge >= 0.3 is 0 Å². The summed E-state index contributed by atoms with van der Waals surface area (Å²) in [4.78, 5) is 0. The molecule has 0 aliphatic heterocycles. The van der Waals surface area contributed by atoms with Crippen molar-refractivity contribution in [3.63, 3.8) is 0 Å². The van der Waals surface area contributed by atoms with E-state index in [1.807, 2.05) is 19.1 Å². The van der Waals surface area contributed by atoms with Crippen LogP contribution in [0.15, 0.2) is 42.5 Å². The Morgan fingerprint density at radius 2 is 1.89 bits per heavy atom. The molecule has 0 aromatic heterocycles. The molecule has 1 atom stereocenters. The second-order valence-electron chi connectivity index (χ2n) is 4.38. The topological polar surface area (TPSA) is 35.2 Å². The van der Waals surface area contributed by atoms with Gasteiger partial charge in [-0.15, -0.1) is 0 Å². The molecule has 2 rings (SSSR count). The lowest BCUT2D eigenvalue weighted by atomic mass is 10.1. The van der Waals surface area contributed by atoms with Gasteiger partial charge in [-0.1, -0.05) is 23.7 Å². The van der Waals surface area contributed by atoms with Gasteiger partial charge in [0.1, 0.15) is 18.2 Å². The van der Waals surface area contributed by atoms with Gasteiger partial charge in [0, 0.05) is 5.02 Å². The first-order chi connectivity index (χ1) is 9.06. The summed E-state index contributed by atoms with van der Waals surface area (Å²) in [7, 11) is 0. The highest BCUT2D eigenvalue weighted by Crippen LogP contribution is 2.23. The molecule has 0 bridgehead atoms. The highest BCUT2D eigenvalue weighted by Gasteiger charge is 2.08. The Morgan fingerprint density at radius 3 is 2.53 bits per heavy atom. The van der Waals surface area contributed by atoms with E-state index in [-0.39, 0.29) is 11.9 Å². The normalized spacial score (nSPS) is 12.2. The molecule has 0 aliphatic carbocycles. The highest BCUT2D eigenvalue weighted by atomic mass is 35.5. The van der Waals surface area contributed by atoms with E-state index in [0.29, 0.717) is 11.6 Å². The predicted octanol–water partition coefficient (Wildman–Crippen LogP) is 3.87. The third kappa shape index (κ3) is 3.69. The van der Waals surface area contributed by atoms with Gasteiger partial charge in [-0.05, 0) is 48.4 Å². The van der Waals surface area contributed by atoms with Crippen molar-refractivity contribution in [2.24, 2.45) is 5.73 Å². The third-order valence-corrected chi connectivity index (χ3v) is 3.09. The van der Waals surface area contributed by atoms with Gasteiger partial charge in [0.15, 0.2) is 0 Å². The van der Waals surface area contributed by atoms with Crippen LogP contribution in [0.25, 0.3) is 0 Å². The lowest BCUT2D eigenvalue weighted by molar-refractivity contribution is 0.289. The minimum atomic E-state index is -0.296. The summed E-state index contributed by atoms with van der Waals surface area (Å²) in [5.74, 6) is 0.479. The maximum atomic E-state index is 12.8. The van der Waals surface area contributed by atoms with Crippen molar-refractivity contribution in [2.45, 2.75) is 13.0 Å². The molecule has 0 radical (unpaired) electrons. The molecule has 4 heteroatoms. The monoisotopic (exact) mass is 279 g/mol. The fourth-order valence-electron chi connectivity index (χ4n) is 1.76. The van der Waals surface area contributed by atoms with Crippen molar-refractivity contribution >= 4 is 11.6 Å². The number of benzene rings is 2. The number of hydrogen-bond acceptors (Lipinski definition) is 2. The van der Waals surface area contributed by atoms with Crippen molar-refractivity contribution < 1.29 is 9.13 Å². The minimum Gasteiger partial charge on any atom is -0.491 e. The molecule has 1 unspecified atom stereocenters. The van der Waals surface area contributed by atoms with Crippen molar-refractivity contribution in [2.75, 3.05) is 6.61 Å². The van der Waals surface area contributed by atoms with Crippen LogP contribution in [-0.2, 0) is 0 Å². The summed E-state index contributed by atoms with van der Waals surface area (Å²) < 4.78 is 18.5. The van der Waals surface area contributed by atoms with E-state index in [1.165, 1.54) is 12.1 Å². The van der Waals surface area contributed by atoms with Crippen molar-refractivity contribution in [3.8, 4) is 5.75 Å². The van der Waals surface area contributed by atoms with E-state index in [0.717, 1.165) is 16.9 Å². The smallest absolute Gasteiger partial charge is 0.123 e. The summed E-state index contributed by atoms with van der Waals surface area (Å²) >= 11 is 5.87. The Morgan fingerprint density at radius 1 is 1.21 bits per heavy atom. The zero-order chi connectivity index (χ0) is 13.8. The predicted molar refractivity (Wildman–Crippen MR) is 75.0 cm³/mol. The van der Waals surface area contributed by atoms with E-state index in [2.05, 4.69) is 0 Å². The zero-order valence-electron chi connectivity index (χ0n) is 10.6.